The SMILES string of the molecule is CCOc1ccc(C=Nn2c(-c3ccccn3)n[nH]c2=S)cc1. The molecule has 23 heavy (non-hydrogen) atoms. The molecule has 0 aliphatic carbocycles. The maximum absolute atomic E-state index is 5.42. The van der Waals surface area contributed by atoms with Crippen LogP contribution in [0.15, 0.2) is 53.8 Å². The van der Waals surface area contributed by atoms with Gasteiger partial charge in [-0.2, -0.15) is 14.9 Å². The van der Waals surface area contributed by atoms with Crippen molar-refractivity contribution in [2.45, 2.75) is 6.92 Å². The van der Waals surface area contributed by atoms with Crippen LogP contribution in [0.1, 0.15) is 12.5 Å². The maximum atomic E-state index is 5.42. The van der Waals surface area contributed by atoms with Crippen molar-refractivity contribution in [2.24, 2.45) is 5.10 Å². The Balaban J connectivity index is 1.88. The monoisotopic (exact) mass is 325 g/mol. The summed E-state index contributed by atoms with van der Waals surface area (Å²) < 4.78 is 7.38. The van der Waals surface area contributed by atoms with Crippen LogP contribution in [0.4, 0.5) is 0 Å². The molecule has 0 spiro atoms. The number of hydrogen-bond acceptors (Lipinski definition) is 5. The first-order valence-electron chi connectivity index (χ1n) is 7.14. The summed E-state index contributed by atoms with van der Waals surface area (Å²) in [6.45, 7) is 2.60. The first kappa shape index (κ1) is 15.1. The van der Waals surface area contributed by atoms with Gasteiger partial charge in [-0.25, -0.2) is 5.10 Å². The Morgan fingerprint density at radius 2 is 2.09 bits per heavy atom. The summed E-state index contributed by atoms with van der Waals surface area (Å²) in [5.41, 5.74) is 1.63. The van der Waals surface area contributed by atoms with Crippen molar-refractivity contribution in [1.82, 2.24) is 19.9 Å². The molecule has 0 saturated carbocycles. The lowest BCUT2D eigenvalue weighted by molar-refractivity contribution is 0.340. The van der Waals surface area contributed by atoms with Gasteiger partial charge in [0.05, 0.1) is 12.8 Å². The van der Waals surface area contributed by atoms with Crippen molar-refractivity contribution < 1.29 is 4.74 Å². The molecule has 0 fully saturated rings. The molecule has 6 nitrogen and oxygen atoms in total. The molecule has 0 aliphatic heterocycles. The van der Waals surface area contributed by atoms with Gasteiger partial charge in [-0.1, -0.05) is 6.07 Å². The molecule has 0 radical (unpaired) electrons. The van der Waals surface area contributed by atoms with Crippen molar-refractivity contribution in [3.05, 3.63) is 59.0 Å². The average Bonchev–Trinajstić information content (AvgIpc) is 2.96. The minimum absolute atomic E-state index is 0.410. The molecule has 0 amide bonds. The van der Waals surface area contributed by atoms with E-state index in [2.05, 4.69) is 20.3 Å². The molecule has 1 aromatic carbocycles. The van der Waals surface area contributed by atoms with Crippen LogP contribution in [0.25, 0.3) is 11.5 Å². The van der Waals surface area contributed by atoms with Gasteiger partial charge in [-0.15, -0.1) is 0 Å². The minimum Gasteiger partial charge on any atom is -0.494 e. The lowest BCUT2D eigenvalue weighted by Crippen LogP contribution is -1.96. The second-order valence-corrected chi connectivity index (χ2v) is 5.01. The molecule has 3 aromatic rings. The molecule has 1 N–H and O–H groups in total. The quantitative estimate of drug-likeness (QED) is 0.577. The number of aromatic amines is 1. The molecule has 0 aliphatic rings. The van der Waals surface area contributed by atoms with Crippen LogP contribution < -0.4 is 4.74 Å². The van der Waals surface area contributed by atoms with Crippen molar-refractivity contribution in [2.75, 3.05) is 6.61 Å². The predicted molar refractivity (Wildman–Crippen MR) is 91.2 cm³/mol. The van der Waals surface area contributed by atoms with Crippen LogP contribution in [0, 0.1) is 4.77 Å². The molecule has 7 heteroatoms. The highest BCUT2D eigenvalue weighted by atomic mass is 32.1. The van der Waals surface area contributed by atoms with Crippen LogP contribution in [0.2, 0.25) is 0 Å². The molecule has 0 saturated heterocycles. The molecule has 3 rings (SSSR count). The fourth-order valence-corrected chi connectivity index (χ4v) is 2.18. The van der Waals surface area contributed by atoms with Crippen molar-refractivity contribution in [3.63, 3.8) is 0 Å². The summed E-state index contributed by atoms with van der Waals surface area (Å²) in [7, 11) is 0. The average molecular weight is 325 g/mol. The van der Waals surface area contributed by atoms with Crippen LogP contribution in [0.3, 0.4) is 0 Å². The Kier molecular flexibility index (Phi) is 4.58. The zero-order valence-corrected chi connectivity index (χ0v) is 13.3. The van der Waals surface area contributed by atoms with E-state index < -0.39 is 0 Å². The summed E-state index contributed by atoms with van der Waals surface area (Å²) in [6, 6.07) is 13.3. The molecule has 116 valence electrons. The third-order valence-electron chi connectivity index (χ3n) is 3.06. The number of nitrogens with zero attached hydrogens (tertiary/aromatic N) is 4. The van der Waals surface area contributed by atoms with E-state index in [1.807, 2.05) is 49.4 Å². The Hall–Kier alpha value is -2.80. The number of rotatable bonds is 5. The van der Waals surface area contributed by atoms with Gasteiger partial charge in [-0.05, 0) is 61.1 Å². The van der Waals surface area contributed by atoms with E-state index in [4.69, 9.17) is 17.0 Å². The second kappa shape index (κ2) is 6.97. The second-order valence-electron chi connectivity index (χ2n) is 4.63. The van der Waals surface area contributed by atoms with Crippen LogP contribution in [-0.4, -0.2) is 32.7 Å². The van der Waals surface area contributed by atoms with E-state index in [1.165, 1.54) is 0 Å². The van der Waals surface area contributed by atoms with E-state index in [1.54, 1.807) is 17.1 Å². The molecule has 2 heterocycles. The zero-order valence-electron chi connectivity index (χ0n) is 12.5. The summed E-state index contributed by atoms with van der Waals surface area (Å²) >= 11 is 5.23. The van der Waals surface area contributed by atoms with E-state index >= 15 is 0 Å². The molecule has 0 unspecified atom stereocenters. The van der Waals surface area contributed by atoms with E-state index in [0.29, 0.717) is 22.9 Å². The van der Waals surface area contributed by atoms with Gasteiger partial charge in [0, 0.05) is 6.20 Å². The highest BCUT2D eigenvalue weighted by molar-refractivity contribution is 7.71. The standard InChI is InChI=1S/C16H15N5OS/c1-2-22-13-8-6-12(7-9-13)11-18-21-15(19-20-16(21)23)14-5-3-4-10-17-14/h3-11H,2H2,1H3,(H,20,23). The number of nitrogens with one attached hydrogen (secondary N) is 1. The van der Waals surface area contributed by atoms with Crippen molar-refractivity contribution >= 4 is 18.4 Å². The van der Waals surface area contributed by atoms with Crippen LogP contribution >= 0.6 is 12.2 Å². The number of hydrogen-bond donors (Lipinski definition) is 1. The first-order valence-corrected chi connectivity index (χ1v) is 7.55. The number of aromatic nitrogens is 4. The summed E-state index contributed by atoms with van der Waals surface area (Å²) in [4.78, 5) is 4.27. The third kappa shape index (κ3) is 3.51. The predicted octanol–water partition coefficient (Wildman–Crippen LogP) is 3.28. The van der Waals surface area contributed by atoms with Gasteiger partial charge >= 0.3 is 0 Å². The van der Waals surface area contributed by atoms with Gasteiger partial charge < -0.3 is 4.74 Å². The van der Waals surface area contributed by atoms with Gasteiger partial charge in [0.15, 0.2) is 0 Å². The summed E-state index contributed by atoms with van der Waals surface area (Å²) in [5.74, 6) is 1.40. The van der Waals surface area contributed by atoms with Crippen LogP contribution in [0.5, 0.6) is 5.75 Å². The Labute approximate surface area is 138 Å². The smallest absolute Gasteiger partial charge is 0.216 e. The number of ether oxygens (including phenoxy) is 1. The Morgan fingerprint density at radius 3 is 2.78 bits per heavy atom. The topological polar surface area (TPSA) is 68.1 Å². The summed E-state index contributed by atoms with van der Waals surface area (Å²) in [6.07, 6.45) is 3.42. The number of pyridine rings is 1. The maximum Gasteiger partial charge on any atom is 0.216 e. The molecular formula is C16H15N5OS. The molecule has 2 aromatic heterocycles. The first-order chi connectivity index (χ1) is 11.3. The fraction of sp³-hybridized carbons (Fsp3) is 0.125. The Morgan fingerprint density at radius 1 is 1.26 bits per heavy atom. The van der Waals surface area contributed by atoms with E-state index in [-0.39, 0.29) is 0 Å². The molecule has 0 atom stereocenters. The minimum atomic E-state index is 0.410. The van der Waals surface area contributed by atoms with Gasteiger partial charge in [0.2, 0.25) is 10.6 Å². The largest absolute Gasteiger partial charge is 0.494 e. The van der Waals surface area contributed by atoms with Gasteiger partial charge in [0.25, 0.3) is 0 Å². The molecular weight excluding hydrogens is 310 g/mol. The number of benzene rings is 1. The lowest BCUT2D eigenvalue weighted by atomic mass is 10.2. The lowest BCUT2D eigenvalue weighted by Gasteiger charge is -2.02. The number of H-pyrrole nitrogens is 1. The van der Waals surface area contributed by atoms with E-state index in [9.17, 15) is 0 Å². The van der Waals surface area contributed by atoms with Crippen molar-refractivity contribution in [3.8, 4) is 17.3 Å². The van der Waals surface area contributed by atoms with Gasteiger partial charge in [0.1, 0.15) is 11.4 Å². The Bertz CT molecular complexity index is 852. The fourth-order valence-electron chi connectivity index (χ4n) is 2.00. The van der Waals surface area contributed by atoms with Crippen LogP contribution in [-0.2, 0) is 0 Å². The zero-order chi connectivity index (χ0) is 16.1. The third-order valence-corrected chi connectivity index (χ3v) is 3.32. The highest BCUT2D eigenvalue weighted by Gasteiger charge is 2.08. The molecule has 0 bridgehead atoms. The van der Waals surface area contributed by atoms with Crippen molar-refractivity contribution in [1.29, 1.82) is 0 Å². The summed E-state index contributed by atoms with van der Waals surface area (Å²) in [5, 5.41) is 11.3. The van der Waals surface area contributed by atoms with E-state index in [0.717, 1.165) is 11.3 Å². The normalized spacial score (nSPS) is 11.0. The highest BCUT2D eigenvalue weighted by Crippen LogP contribution is 2.14. The van der Waals surface area contributed by atoms with Gasteiger partial charge in [-0.3, -0.25) is 4.98 Å².